The van der Waals surface area contributed by atoms with Gasteiger partial charge in [-0.15, -0.1) is 0 Å². The van der Waals surface area contributed by atoms with Crippen molar-refractivity contribution in [1.82, 2.24) is 4.90 Å². The highest BCUT2D eigenvalue weighted by molar-refractivity contribution is 6.36. The number of hydrogen-bond donors (Lipinski definition) is 2. The molecule has 0 fully saturated rings. The van der Waals surface area contributed by atoms with Gasteiger partial charge in [-0.25, -0.2) is 0 Å². The molecule has 8 heteroatoms. The maximum absolute atomic E-state index is 13.3. The van der Waals surface area contributed by atoms with Gasteiger partial charge < -0.3 is 19.8 Å². The lowest BCUT2D eigenvalue weighted by atomic mass is 10.0. The molecule has 0 spiro atoms. The number of ether oxygens (including phenoxy) is 1. The van der Waals surface area contributed by atoms with E-state index in [0.717, 1.165) is 4.90 Å². The minimum absolute atomic E-state index is 0.0162. The Bertz CT molecular complexity index is 1210. The van der Waals surface area contributed by atoms with Crippen LogP contribution in [-0.4, -0.2) is 29.2 Å². The highest BCUT2D eigenvalue weighted by Gasteiger charge is 2.39. The molecule has 8 nitrogen and oxygen atoms in total. The molecule has 0 aliphatic carbocycles. The molecule has 2 heterocycles. The summed E-state index contributed by atoms with van der Waals surface area (Å²) < 4.78 is 10.9. The second kappa shape index (κ2) is 9.44. The van der Waals surface area contributed by atoms with E-state index in [1.54, 1.807) is 54.6 Å². The molecule has 33 heavy (non-hydrogen) atoms. The second-order valence-corrected chi connectivity index (χ2v) is 7.37. The van der Waals surface area contributed by atoms with Gasteiger partial charge in [-0.1, -0.05) is 18.2 Å². The zero-order valence-electron chi connectivity index (χ0n) is 18.3. The zero-order chi connectivity index (χ0) is 23.4. The minimum atomic E-state index is -0.459. The molecule has 1 aliphatic heterocycles. The topological polar surface area (TPSA) is 101 Å². The van der Waals surface area contributed by atoms with Crippen LogP contribution in [0.1, 0.15) is 25.2 Å². The number of amides is 3. The molecule has 1 aromatic heterocycles. The molecular formula is C25H23N3O5. The highest BCUT2D eigenvalue weighted by Crippen LogP contribution is 2.32. The Labute approximate surface area is 190 Å². The Morgan fingerprint density at radius 3 is 2.45 bits per heavy atom. The molecule has 0 atom stereocenters. The van der Waals surface area contributed by atoms with Crippen molar-refractivity contribution in [2.45, 2.75) is 20.4 Å². The van der Waals surface area contributed by atoms with E-state index >= 15 is 0 Å². The van der Waals surface area contributed by atoms with Crippen molar-refractivity contribution in [2.24, 2.45) is 0 Å². The number of benzene rings is 2. The van der Waals surface area contributed by atoms with Crippen LogP contribution in [0.2, 0.25) is 0 Å². The summed E-state index contributed by atoms with van der Waals surface area (Å²) in [7, 11) is 0. The van der Waals surface area contributed by atoms with E-state index in [0.29, 0.717) is 35.1 Å². The Balaban J connectivity index is 1.71. The van der Waals surface area contributed by atoms with Gasteiger partial charge in [0, 0.05) is 24.4 Å². The van der Waals surface area contributed by atoms with E-state index in [4.69, 9.17) is 9.15 Å². The van der Waals surface area contributed by atoms with Crippen LogP contribution in [-0.2, 0) is 20.9 Å². The summed E-state index contributed by atoms with van der Waals surface area (Å²) in [6, 6.07) is 17.3. The lowest BCUT2D eigenvalue weighted by molar-refractivity contribution is -0.137. The Morgan fingerprint density at radius 2 is 1.79 bits per heavy atom. The summed E-state index contributed by atoms with van der Waals surface area (Å²) in [6.07, 6.45) is 1.49. The van der Waals surface area contributed by atoms with Gasteiger partial charge in [-0.05, 0) is 48.9 Å². The van der Waals surface area contributed by atoms with Gasteiger partial charge in [0.05, 0.1) is 25.0 Å². The Morgan fingerprint density at radius 1 is 1.00 bits per heavy atom. The largest absolute Gasteiger partial charge is 0.494 e. The number of carbonyl (C=O) groups excluding carboxylic acids is 3. The maximum atomic E-state index is 13.3. The van der Waals surface area contributed by atoms with Crippen LogP contribution in [0, 0.1) is 0 Å². The zero-order valence-corrected chi connectivity index (χ0v) is 18.3. The number of rotatable bonds is 8. The third-order valence-corrected chi connectivity index (χ3v) is 4.97. The summed E-state index contributed by atoms with van der Waals surface area (Å²) in [5.74, 6) is 0.0479. The predicted molar refractivity (Wildman–Crippen MR) is 123 cm³/mol. The van der Waals surface area contributed by atoms with Gasteiger partial charge in [-0.2, -0.15) is 0 Å². The number of nitrogens with one attached hydrogen (secondary N) is 2. The first-order chi connectivity index (χ1) is 16.0. The normalized spacial score (nSPS) is 13.5. The third kappa shape index (κ3) is 4.79. The summed E-state index contributed by atoms with van der Waals surface area (Å²) in [5, 5.41) is 5.80. The van der Waals surface area contributed by atoms with Crippen molar-refractivity contribution >= 4 is 34.7 Å². The Hall–Kier alpha value is -4.33. The average Bonchev–Trinajstić information content (AvgIpc) is 3.38. The maximum Gasteiger partial charge on any atom is 0.278 e. The van der Waals surface area contributed by atoms with Crippen molar-refractivity contribution in [3.63, 3.8) is 0 Å². The molecule has 0 unspecified atom stereocenters. The van der Waals surface area contributed by atoms with Gasteiger partial charge in [0.2, 0.25) is 5.91 Å². The molecule has 0 saturated carbocycles. The van der Waals surface area contributed by atoms with Crippen molar-refractivity contribution in [3.8, 4) is 5.75 Å². The lowest BCUT2D eigenvalue weighted by Crippen LogP contribution is -2.31. The fourth-order valence-corrected chi connectivity index (χ4v) is 3.56. The van der Waals surface area contributed by atoms with Gasteiger partial charge in [-0.3, -0.25) is 19.3 Å². The van der Waals surface area contributed by atoms with Gasteiger partial charge >= 0.3 is 0 Å². The first kappa shape index (κ1) is 21.9. The Kier molecular flexibility index (Phi) is 6.26. The van der Waals surface area contributed by atoms with Crippen LogP contribution in [0.4, 0.5) is 11.4 Å². The molecular weight excluding hydrogens is 422 g/mol. The van der Waals surface area contributed by atoms with E-state index in [1.165, 1.54) is 13.2 Å². The van der Waals surface area contributed by atoms with Gasteiger partial charge in [0.1, 0.15) is 17.2 Å². The fourth-order valence-electron chi connectivity index (χ4n) is 3.56. The van der Waals surface area contributed by atoms with Gasteiger partial charge in [0.25, 0.3) is 11.8 Å². The van der Waals surface area contributed by atoms with Gasteiger partial charge in [0.15, 0.2) is 0 Å². The summed E-state index contributed by atoms with van der Waals surface area (Å²) >= 11 is 0. The SMILES string of the molecule is CCOc1cccc(NC2=C(c3ccc(NC(C)=O)cc3)C(=O)N(Cc3ccco3)C2=O)c1. The van der Waals surface area contributed by atoms with E-state index in [-0.39, 0.29) is 23.7 Å². The number of furan rings is 1. The first-order valence-electron chi connectivity index (χ1n) is 10.5. The smallest absolute Gasteiger partial charge is 0.278 e. The van der Waals surface area contributed by atoms with Crippen molar-refractivity contribution < 1.29 is 23.5 Å². The fraction of sp³-hybridized carbons (Fsp3) is 0.160. The molecule has 0 saturated heterocycles. The quantitative estimate of drug-likeness (QED) is 0.508. The van der Waals surface area contributed by atoms with Crippen LogP contribution in [0.15, 0.2) is 77.0 Å². The van der Waals surface area contributed by atoms with E-state index in [1.807, 2.05) is 13.0 Å². The predicted octanol–water partition coefficient (Wildman–Crippen LogP) is 4.03. The highest BCUT2D eigenvalue weighted by atomic mass is 16.5. The van der Waals surface area contributed by atoms with Crippen molar-refractivity contribution in [3.05, 3.63) is 83.9 Å². The molecule has 168 valence electrons. The lowest BCUT2D eigenvalue weighted by Gasteiger charge is -2.14. The van der Waals surface area contributed by atoms with Crippen LogP contribution in [0.3, 0.4) is 0 Å². The summed E-state index contributed by atoms with van der Waals surface area (Å²) in [6.45, 7) is 3.83. The second-order valence-electron chi connectivity index (χ2n) is 7.37. The number of carbonyl (C=O) groups is 3. The summed E-state index contributed by atoms with van der Waals surface area (Å²) in [4.78, 5) is 39.1. The molecule has 0 radical (unpaired) electrons. The number of hydrogen-bond acceptors (Lipinski definition) is 6. The van der Waals surface area contributed by atoms with Crippen molar-refractivity contribution in [1.29, 1.82) is 0 Å². The van der Waals surface area contributed by atoms with Crippen LogP contribution in [0.5, 0.6) is 5.75 Å². The molecule has 2 aromatic carbocycles. The minimum Gasteiger partial charge on any atom is -0.494 e. The third-order valence-electron chi connectivity index (χ3n) is 4.97. The van der Waals surface area contributed by atoms with E-state index < -0.39 is 11.8 Å². The average molecular weight is 445 g/mol. The molecule has 2 N–H and O–H groups in total. The first-order valence-corrected chi connectivity index (χ1v) is 10.5. The molecule has 4 rings (SSSR count). The number of imide groups is 1. The number of nitrogens with zero attached hydrogens (tertiary/aromatic N) is 1. The van der Waals surface area contributed by atoms with E-state index in [2.05, 4.69) is 10.6 Å². The number of anilines is 2. The standard InChI is InChI=1S/C25H23N3O5/c1-3-32-20-7-4-6-19(14-20)27-23-22(17-9-11-18(12-10-17)26-16(2)29)24(30)28(25(23)31)15-21-8-5-13-33-21/h4-14,27H,3,15H2,1-2H3,(H,26,29). The summed E-state index contributed by atoms with van der Waals surface area (Å²) in [5.41, 5.74) is 2.15. The molecule has 3 aromatic rings. The van der Waals surface area contributed by atoms with Crippen LogP contribution < -0.4 is 15.4 Å². The van der Waals surface area contributed by atoms with E-state index in [9.17, 15) is 14.4 Å². The van der Waals surface area contributed by atoms with Crippen molar-refractivity contribution in [2.75, 3.05) is 17.2 Å². The molecule has 0 bridgehead atoms. The molecule has 3 amide bonds. The monoisotopic (exact) mass is 445 g/mol. The van der Waals surface area contributed by atoms with Crippen LogP contribution in [0.25, 0.3) is 5.57 Å². The molecule has 1 aliphatic rings. The van der Waals surface area contributed by atoms with Crippen LogP contribution >= 0.6 is 0 Å².